The molecule has 3 nitrogen and oxygen atoms in total. The fourth-order valence-corrected chi connectivity index (χ4v) is 1.40. The molecule has 0 aliphatic rings. The van der Waals surface area contributed by atoms with Crippen molar-refractivity contribution in [1.29, 1.82) is 0 Å². The molecule has 1 aromatic rings. The van der Waals surface area contributed by atoms with Crippen LogP contribution >= 0.6 is 15.9 Å². The number of hydrogen-bond donors (Lipinski definition) is 2. The molecule has 4 heteroatoms. The van der Waals surface area contributed by atoms with E-state index in [4.69, 9.17) is 11.5 Å². The fraction of sp³-hybridized carbons (Fsp3) is 0.286. The summed E-state index contributed by atoms with van der Waals surface area (Å²) >= 11 is 3.33. The molecule has 0 saturated carbocycles. The van der Waals surface area contributed by atoms with Crippen molar-refractivity contribution < 1.29 is 0 Å². The molecule has 0 aliphatic heterocycles. The highest BCUT2D eigenvalue weighted by Crippen LogP contribution is 2.21. The number of nitrogens with two attached hydrogens (primary N) is 2. The predicted molar refractivity (Wildman–Crippen MR) is 49.0 cm³/mol. The molecule has 0 amide bonds. The van der Waals surface area contributed by atoms with E-state index in [-0.39, 0.29) is 6.04 Å². The van der Waals surface area contributed by atoms with Gasteiger partial charge in [-0.1, -0.05) is 0 Å². The molecular weight excluding hydrogens is 206 g/mol. The smallest absolute Gasteiger partial charge is 0.123 e. The van der Waals surface area contributed by atoms with Crippen LogP contribution in [0.3, 0.4) is 0 Å². The van der Waals surface area contributed by atoms with Gasteiger partial charge in [-0.05, 0) is 34.5 Å². The van der Waals surface area contributed by atoms with Gasteiger partial charge in [0.25, 0.3) is 0 Å². The van der Waals surface area contributed by atoms with E-state index in [1.807, 2.05) is 6.92 Å². The van der Waals surface area contributed by atoms with Crippen molar-refractivity contribution in [2.75, 3.05) is 5.73 Å². The van der Waals surface area contributed by atoms with E-state index in [2.05, 4.69) is 20.9 Å². The Kier molecular flexibility index (Phi) is 2.46. The van der Waals surface area contributed by atoms with Gasteiger partial charge in [0.05, 0.1) is 0 Å². The van der Waals surface area contributed by atoms with Crippen molar-refractivity contribution in [2.45, 2.75) is 13.0 Å². The van der Waals surface area contributed by atoms with Crippen molar-refractivity contribution >= 4 is 21.7 Å². The fourth-order valence-electron chi connectivity index (χ4n) is 0.820. The Balaban J connectivity index is 3.13. The van der Waals surface area contributed by atoms with Crippen LogP contribution in [0.25, 0.3) is 0 Å². The molecule has 1 heterocycles. The number of nitrogen functional groups attached to an aromatic ring is 1. The average molecular weight is 216 g/mol. The van der Waals surface area contributed by atoms with Crippen LogP contribution in [0.4, 0.5) is 5.82 Å². The first-order valence-corrected chi connectivity index (χ1v) is 4.07. The lowest BCUT2D eigenvalue weighted by Gasteiger charge is -2.07. The Morgan fingerprint density at radius 1 is 1.64 bits per heavy atom. The third kappa shape index (κ3) is 1.91. The third-order valence-corrected chi connectivity index (χ3v) is 2.06. The maximum atomic E-state index is 5.67. The van der Waals surface area contributed by atoms with Gasteiger partial charge in [0.1, 0.15) is 5.82 Å². The van der Waals surface area contributed by atoms with Crippen LogP contribution in [0.1, 0.15) is 18.5 Å². The average Bonchev–Trinajstić information content (AvgIpc) is 1.94. The molecule has 0 aliphatic carbocycles. The molecule has 1 aromatic heterocycles. The molecule has 11 heavy (non-hydrogen) atoms. The number of anilines is 1. The summed E-state index contributed by atoms with van der Waals surface area (Å²) in [4.78, 5) is 3.90. The van der Waals surface area contributed by atoms with Crippen molar-refractivity contribution in [1.82, 2.24) is 4.98 Å². The minimum absolute atomic E-state index is 0.0188. The van der Waals surface area contributed by atoms with E-state index in [1.54, 1.807) is 12.3 Å². The number of pyridine rings is 1. The summed E-state index contributed by atoms with van der Waals surface area (Å²) in [5, 5.41) is 0. The Morgan fingerprint density at radius 2 is 2.27 bits per heavy atom. The number of rotatable bonds is 1. The van der Waals surface area contributed by atoms with Crippen LogP contribution in [0, 0.1) is 0 Å². The second-order valence-electron chi connectivity index (χ2n) is 2.42. The summed E-state index contributed by atoms with van der Waals surface area (Å²) in [7, 11) is 0. The summed E-state index contributed by atoms with van der Waals surface area (Å²) in [5.41, 5.74) is 12.1. The molecule has 1 atom stereocenters. The van der Waals surface area contributed by atoms with Gasteiger partial charge in [0, 0.05) is 16.7 Å². The van der Waals surface area contributed by atoms with Gasteiger partial charge in [-0.25, -0.2) is 4.98 Å². The largest absolute Gasteiger partial charge is 0.384 e. The molecule has 60 valence electrons. The van der Waals surface area contributed by atoms with E-state index in [9.17, 15) is 0 Å². The quantitative estimate of drug-likeness (QED) is 0.746. The number of aromatic nitrogens is 1. The first-order chi connectivity index (χ1) is 5.11. The highest BCUT2D eigenvalue weighted by atomic mass is 79.9. The monoisotopic (exact) mass is 215 g/mol. The van der Waals surface area contributed by atoms with Gasteiger partial charge in [0.2, 0.25) is 0 Å². The van der Waals surface area contributed by atoms with Crippen LogP contribution in [-0.4, -0.2) is 4.98 Å². The van der Waals surface area contributed by atoms with E-state index in [0.717, 1.165) is 10.0 Å². The van der Waals surface area contributed by atoms with Crippen LogP contribution in [0.5, 0.6) is 0 Å². The van der Waals surface area contributed by atoms with Crippen LogP contribution in [0.2, 0.25) is 0 Å². The zero-order valence-electron chi connectivity index (χ0n) is 6.21. The Bertz CT molecular complexity index is 260. The summed E-state index contributed by atoms with van der Waals surface area (Å²) in [6.07, 6.45) is 1.66. The van der Waals surface area contributed by atoms with Gasteiger partial charge in [-0.3, -0.25) is 0 Å². The Labute approximate surface area is 73.9 Å². The summed E-state index contributed by atoms with van der Waals surface area (Å²) < 4.78 is 0.904. The lowest BCUT2D eigenvalue weighted by atomic mass is 10.1. The van der Waals surface area contributed by atoms with E-state index in [1.165, 1.54) is 0 Å². The first kappa shape index (κ1) is 8.49. The van der Waals surface area contributed by atoms with Crippen molar-refractivity contribution in [3.63, 3.8) is 0 Å². The van der Waals surface area contributed by atoms with E-state index >= 15 is 0 Å². The van der Waals surface area contributed by atoms with Crippen molar-refractivity contribution in [3.8, 4) is 0 Å². The van der Waals surface area contributed by atoms with Gasteiger partial charge >= 0.3 is 0 Å². The van der Waals surface area contributed by atoms with Crippen molar-refractivity contribution in [2.24, 2.45) is 5.73 Å². The van der Waals surface area contributed by atoms with Gasteiger partial charge in [-0.2, -0.15) is 0 Å². The van der Waals surface area contributed by atoms with Crippen molar-refractivity contribution in [3.05, 3.63) is 22.3 Å². The minimum Gasteiger partial charge on any atom is -0.384 e. The lowest BCUT2D eigenvalue weighted by molar-refractivity contribution is 0.811. The number of hydrogen-bond acceptors (Lipinski definition) is 3. The maximum absolute atomic E-state index is 5.67. The number of nitrogens with zero attached hydrogens (tertiary/aromatic N) is 1. The minimum atomic E-state index is -0.0188. The predicted octanol–water partition coefficient (Wildman–Crippen LogP) is 1.45. The highest BCUT2D eigenvalue weighted by Gasteiger charge is 2.04. The zero-order valence-corrected chi connectivity index (χ0v) is 7.80. The Morgan fingerprint density at radius 3 is 2.73 bits per heavy atom. The number of halogens is 1. The SMILES string of the molecule is C[C@H](N)c1cc(N)ncc1Br. The second kappa shape index (κ2) is 3.19. The van der Waals surface area contributed by atoms with Crippen LogP contribution in [0.15, 0.2) is 16.7 Å². The molecule has 0 spiro atoms. The normalized spacial score (nSPS) is 13.0. The van der Waals surface area contributed by atoms with Gasteiger partial charge in [-0.15, -0.1) is 0 Å². The summed E-state index contributed by atoms with van der Waals surface area (Å²) in [5.74, 6) is 0.500. The molecule has 1 rings (SSSR count). The Hall–Kier alpha value is -0.610. The summed E-state index contributed by atoms with van der Waals surface area (Å²) in [6, 6.07) is 1.75. The molecule has 0 unspecified atom stereocenters. The molecule has 0 saturated heterocycles. The molecular formula is C7H10BrN3. The molecule has 0 bridgehead atoms. The maximum Gasteiger partial charge on any atom is 0.123 e. The molecule has 0 radical (unpaired) electrons. The second-order valence-corrected chi connectivity index (χ2v) is 3.27. The molecule has 0 aromatic carbocycles. The first-order valence-electron chi connectivity index (χ1n) is 3.27. The van der Waals surface area contributed by atoms with E-state index < -0.39 is 0 Å². The molecule has 4 N–H and O–H groups in total. The third-order valence-electron chi connectivity index (χ3n) is 1.40. The molecule has 0 fully saturated rings. The zero-order chi connectivity index (χ0) is 8.43. The summed E-state index contributed by atoms with van der Waals surface area (Å²) in [6.45, 7) is 1.90. The van der Waals surface area contributed by atoms with Gasteiger partial charge in [0.15, 0.2) is 0 Å². The topological polar surface area (TPSA) is 64.9 Å². The standard InChI is InChI=1S/C7H10BrN3/c1-4(9)5-2-7(10)11-3-6(5)8/h2-4H,9H2,1H3,(H2,10,11)/t4-/m0/s1. The lowest BCUT2D eigenvalue weighted by Crippen LogP contribution is -2.07. The van der Waals surface area contributed by atoms with Crippen LogP contribution in [-0.2, 0) is 0 Å². The highest BCUT2D eigenvalue weighted by molar-refractivity contribution is 9.10. The van der Waals surface area contributed by atoms with E-state index in [0.29, 0.717) is 5.82 Å². The van der Waals surface area contributed by atoms with Crippen LogP contribution < -0.4 is 11.5 Å². The van der Waals surface area contributed by atoms with Gasteiger partial charge < -0.3 is 11.5 Å².